The zero-order valence-corrected chi connectivity index (χ0v) is 9.63. The summed E-state index contributed by atoms with van der Waals surface area (Å²) in [4.78, 5) is 15.2. The van der Waals surface area contributed by atoms with Gasteiger partial charge in [0.05, 0.1) is 13.1 Å². The first-order valence-corrected chi connectivity index (χ1v) is 5.41. The zero-order chi connectivity index (χ0) is 13.4. The topological polar surface area (TPSA) is 54.0 Å². The molecule has 0 atom stereocenters. The number of nitrogens with one attached hydrogen (secondary N) is 2. The summed E-state index contributed by atoms with van der Waals surface area (Å²) in [6.07, 6.45) is -2.11. The summed E-state index contributed by atoms with van der Waals surface area (Å²) < 4.78 is 35.3. The van der Waals surface area contributed by atoms with E-state index in [1.54, 1.807) is 12.3 Å². The van der Waals surface area contributed by atoms with Crippen LogP contribution in [0.4, 0.5) is 13.2 Å². The summed E-state index contributed by atoms with van der Waals surface area (Å²) in [5, 5.41) is 4.53. The highest BCUT2D eigenvalue weighted by Crippen LogP contribution is 2.11. The highest BCUT2D eigenvalue weighted by Gasteiger charge is 2.26. The Morgan fingerprint density at radius 1 is 1.33 bits per heavy atom. The van der Waals surface area contributed by atoms with Crippen LogP contribution < -0.4 is 10.6 Å². The highest BCUT2D eigenvalue weighted by atomic mass is 19.4. The number of aromatic nitrogens is 1. The third-order valence-electron chi connectivity index (χ3n) is 2.04. The second kappa shape index (κ2) is 6.95. The van der Waals surface area contributed by atoms with Crippen molar-refractivity contribution >= 4 is 5.91 Å². The fraction of sp³-hybridized carbons (Fsp3) is 0.455. The van der Waals surface area contributed by atoms with Crippen molar-refractivity contribution in [2.45, 2.75) is 12.6 Å². The van der Waals surface area contributed by atoms with Crippen LogP contribution in [0, 0.1) is 0 Å². The molecule has 2 N–H and O–H groups in total. The molecule has 0 saturated carbocycles. The van der Waals surface area contributed by atoms with Gasteiger partial charge in [0, 0.05) is 24.9 Å². The van der Waals surface area contributed by atoms with Gasteiger partial charge in [-0.3, -0.25) is 9.78 Å². The first-order chi connectivity index (χ1) is 8.47. The molecule has 4 nitrogen and oxygen atoms in total. The van der Waals surface area contributed by atoms with Crippen LogP contribution in [0.3, 0.4) is 0 Å². The van der Waals surface area contributed by atoms with Gasteiger partial charge < -0.3 is 10.6 Å². The lowest BCUT2D eigenvalue weighted by Crippen LogP contribution is -2.38. The minimum absolute atomic E-state index is 0.346. The van der Waals surface area contributed by atoms with Crippen molar-refractivity contribution in [1.29, 1.82) is 0 Å². The van der Waals surface area contributed by atoms with Crippen molar-refractivity contribution in [2.75, 3.05) is 19.6 Å². The van der Waals surface area contributed by atoms with E-state index in [-0.39, 0.29) is 6.54 Å². The molecule has 1 aromatic heterocycles. The monoisotopic (exact) mass is 261 g/mol. The summed E-state index contributed by atoms with van der Waals surface area (Å²) in [5.41, 5.74) is 0.820. The van der Waals surface area contributed by atoms with Crippen molar-refractivity contribution in [2.24, 2.45) is 0 Å². The third-order valence-corrected chi connectivity index (χ3v) is 2.04. The van der Waals surface area contributed by atoms with E-state index in [4.69, 9.17) is 0 Å². The number of amides is 1. The maximum absolute atomic E-state index is 11.8. The molecule has 0 saturated heterocycles. The Bertz CT molecular complexity index is 368. The van der Waals surface area contributed by atoms with Crippen LogP contribution in [0.15, 0.2) is 24.4 Å². The Kier molecular flexibility index (Phi) is 5.57. The first-order valence-electron chi connectivity index (χ1n) is 5.41. The van der Waals surface area contributed by atoms with Crippen molar-refractivity contribution in [3.8, 4) is 0 Å². The largest absolute Gasteiger partial charge is 0.401 e. The van der Waals surface area contributed by atoms with E-state index in [1.165, 1.54) is 0 Å². The Balaban J connectivity index is 2.11. The van der Waals surface area contributed by atoms with Gasteiger partial charge in [0.1, 0.15) is 0 Å². The number of carbonyl (C=O) groups excluding carboxylic acids is 1. The second-order valence-corrected chi connectivity index (χ2v) is 3.64. The lowest BCUT2D eigenvalue weighted by molar-refractivity contribution is -0.128. The van der Waals surface area contributed by atoms with E-state index < -0.39 is 18.6 Å². The number of carbonyl (C=O) groups is 1. The van der Waals surface area contributed by atoms with Gasteiger partial charge in [-0.2, -0.15) is 13.2 Å². The van der Waals surface area contributed by atoms with Crippen LogP contribution in [-0.4, -0.2) is 36.7 Å². The van der Waals surface area contributed by atoms with Gasteiger partial charge in [0.25, 0.3) is 0 Å². The van der Waals surface area contributed by atoms with Gasteiger partial charge in [-0.05, 0) is 12.1 Å². The molecule has 0 fully saturated rings. The highest BCUT2D eigenvalue weighted by molar-refractivity contribution is 5.77. The number of pyridine rings is 1. The smallest absolute Gasteiger partial charge is 0.355 e. The molecular weight excluding hydrogens is 247 g/mol. The minimum atomic E-state index is -4.30. The summed E-state index contributed by atoms with van der Waals surface area (Å²) >= 11 is 0. The van der Waals surface area contributed by atoms with Gasteiger partial charge in [-0.15, -0.1) is 0 Å². The number of hydrogen-bond donors (Lipinski definition) is 2. The Morgan fingerprint density at radius 2 is 2.11 bits per heavy atom. The molecule has 100 valence electrons. The van der Waals surface area contributed by atoms with E-state index in [0.717, 1.165) is 5.69 Å². The van der Waals surface area contributed by atoms with Crippen molar-refractivity contribution in [3.63, 3.8) is 0 Å². The van der Waals surface area contributed by atoms with Crippen LogP contribution in [0.1, 0.15) is 5.69 Å². The van der Waals surface area contributed by atoms with E-state index in [1.807, 2.05) is 17.4 Å². The summed E-state index contributed by atoms with van der Waals surface area (Å²) in [6.45, 7) is -1.16. The molecule has 1 heterocycles. The molecule has 7 heteroatoms. The van der Waals surface area contributed by atoms with Crippen molar-refractivity contribution in [1.82, 2.24) is 15.6 Å². The quantitative estimate of drug-likeness (QED) is 0.799. The third kappa shape index (κ3) is 6.85. The SMILES string of the molecule is O=C(CNCC(F)(F)F)NCCc1ccccn1. The average Bonchev–Trinajstić information content (AvgIpc) is 2.28. The van der Waals surface area contributed by atoms with E-state index >= 15 is 0 Å². The van der Waals surface area contributed by atoms with Crippen LogP contribution >= 0.6 is 0 Å². The molecule has 0 spiro atoms. The molecule has 1 rings (SSSR count). The lowest BCUT2D eigenvalue weighted by Gasteiger charge is -2.08. The van der Waals surface area contributed by atoms with E-state index in [2.05, 4.69) is 10.3 Å². The van der Waals surface area contributed by atoms with Gasteiger partial charge in [-0.25, -0.2) is 0 Å². The molecule has 0 unspecified atom stereocenters. The molecule has 0 bridgehead atoms. The Labute approximate surface area is 103 Å². The number of hydrogen-bond acceptors (Lipinski definition) is 3. The standard InChI is InChI=1S/C11H14F3N3O/c12-11(13,14)8-15-7-10(18)17-6-4-9-3-1-2-5-16-9/h1-3,5,15H,4,6-8H2,(H,17,18). The normalized spacial score (nSPS) is 11.3. The van der Waals surface area contributed by atoms with Crippen molar-refractivity contribution in [3.05, 3.63) is 30.1 Å². The van der Waals surface area contributed by atoms with Gasteiger partial charge in [-0.1, -0.05) is 6.07 Å². The minimum Gasteiger partial charge on any atom is -0.355 e. The summed E-state index contributed by atoms with van der Waals surface area (Å²) in [7, 11) is 0. The van der Waals surface area contributed by atoms with Gasteiger partial charge in [0.2, 0.25) is 5.91 Å². The molecule has 0 radical (unpaired) electrons. The van der Waals surface area contributed by atoms with Crippen molar-refractivity contribution < 1.29 is 18.0 Å². The molecule has 1 amide bonds. The average molecular weight is 261 g/mol. The maximum atomic E-state index is 11.8. The molecule has 0 aliphatic carbocycles. The Hall–Kier alpha value is -1.63. The number of nitrogens with zero attached hydrogens (tertiary/aromatic N) is 1. The fourth-order valence-corrected chi connectivity index (χ4v) is 1.26. The molecule has 18 heavy (non-hydrogen) atoms. The van der Waals surface area contributed by atoms with Crippen LogP contribution in [0.5, 0.6) is 0 Å². The van der Waals surface area contributed by atoms with Crippen LogP contribution in [0.25, 0.3) is 0 Å². The fourth-order valence-electron chi connectivity index (χ4n) is 1.26. The first kappa shape index (κ1) is 14.4. The predicted molar refractivity (Wildman–Crippen MR) is 59.9 cm³/mol. The lowest BCUT2D eigenvalue weighted by atomic mass is 10.3. The van der Waals surface area contributed by atoms with E-state index in [0.29, 0.717) is 13.0 Å². The summed E-state index contributed by atoms with van der Waals surface area (Å²) in [6, 6.07) is 5.42. The number of halogens is 3. The predicted octanol–water partition coefficient (Wildman–Crippen LogP) is 0.892. The summed E-state index contributed by atoms with van der Waals surface area (Å²) in [5.74, 6) is -0.463. The molecular formula is C11H14F3N3O. The van der Waals surface area contributed by atoms with Crippen LogP contribution in [0.2, 0.25) is 0 Å². The van der Waals surface area contributed by atoms with Gasteiger partial charge >= 0.3 is 6.18 Å². The molecule has 1 aromatic rings. The number of rotatable bonds is 6. The van der Waals surface area contributed by atoms with E-state index in [9.17, 15) is 18.0 Å². The second-order valence-electron chi connectivity index (χ2n) is 3.64. The molecule has 0 aromatic carbocycles. The van der Waals surface area contributed by atoms with Gasteiger partial charge in [0.15, 0.2) is 0 Å². The zero-order valence-electron chi connectivity index (χ0n) is 9.63. The maximum Gasteiger partial charge on any atom is 0.401 e. The molecule has 0 aliphatic rings. The Morgan fingerprint density at radius 3 is 2.72 bits per heavy atom. The van der Waals surface area contributed by atoms with Crippen LogP contribution in [-0.2, 0) is 11.2 Å². The number of alkyl halides is 3. The molecule has 0 aliphatic heterocycles.